The normalized spacial score (nSPS) is 12.1. The fourth-order valence-electron chi connectivity index (χ4n) is 7.81. The van der Waals surface area contributed by atoms with E-state index in [1.54, 1.807) is 6.20 Å². The zero-order chi connectivity index (χ0) is 37.3. The molecule has 0 atom stereocenters. The molecule has 264 valence electrons. The van der Waals surface area contributed by atoms with Gasteiger partial charge in [0.1, 0.15) is 5.82 Å². The summed E-state index contributed by atoms with van der Waals surface area (Å²) < 4.78 is 2.37. The summed E-state index contributed by atoms with van der Waals surface area (Å²) >= 11 is 0. The number of benzene rings is 5. The second-order valence-electron chi connectivity index (χ2n) is 14.0. The third-order valence-electron chi connectivity index (χ3n) is 10.5. The average molecular weight is 717 g/mol. The maximum atomic E-state index is 5.48. The zero-order valence-corrected chi connectivity index (χ0v) is 30.6. The van der Waals surface area contributed by atoms with Gasteiger partial charge >= 0.3 is 0 Å². The molecule has 10 rings (SSSR count). The van der Waals surface area contributed by atoms with E-state index in [2.05, 4.69) is 173 Å². The maximum absolute atomic E-state index is 5.48. The molecule has 5 aromatic carbocycles. The van der Waals surface area contributed by atoms with Crippen molar-refractivity contribution in [2.45, 2.75) is 6.42 Å². The summed E-state index contributed by atoms with van der Waals surface area (Å²) in [5.41, 5.74) is 16.0. The first kappa shape index (κ1) is 33.2. The lowest BCUT2D eigenvalue weighted by Crippen LogP contribution is -2.04. The van der Waals surface area contributed by atoms with Crippen molar-refractivity contribution in [1.29, 1.82) is 0 Å². The van der Waals surface area contributed by atoms with Crippen molar-refractivity contribution in [2.24, 2.45) is 0 Å². The molecule has 4 heterocycles. The van der Waals surface area contributed by atoms with Gasteiger partial charge in [-0.3, -0.25) is 9.55 Å². The van der Waals surface area contributed by atoms with E-state index < -0.39 is 0 Å². The summed E-state index contributed by atoms with van der Waals surface area (Å²) in [5, 5.41) is 1.18. The summed E-state index contributed by atoms with van der Waals surface area (Å²) in [6, 6.07) is 60.0. The zero-order valence-electron chi connectivity index (χ0n) is 30.6. The molecule has 4 aromatic heterocycles. The summed E-state index contributed by atoms with van der Waals surface area (Å²) in [5.74, 6) is 0.831. The lowest BCUT2D eigenvalue weighted by Gasteiger charge is -2.16. The van der Waals surface area contributed by atoms with Crippen molar-refractivity contribution in [1.82, 2.24) is 19.5 Å². The van der Waals surface area contributed by atoms with Gasteiger partial charge in [0.2, 0.25) is 0 Å². The first-order valence-corrected chi connectivity index (χ1v) is 19.0. The smallest absolute Gasteiger partial charge is 0.139 e. The van der Waals surface area contributed by atoms with Crippen LogP contribution in [0.25, 0.3) is 96.0 Å². The van der Waals surface area contributed by atoms with Crippen LogP contribution in [-0.4, -0.2) is 19.5 Å². The van der Waals surface area contributed by atoms with Crippen LogP contribution >= 0.6 is 0 Å². The average Bonchev–Trinajstić information content (AvgIpc) is 3.40. The highest BCUT2D eigenvalue weighted by molar-refractivity contribution is 6.06. The van der Waals surface area contributed by atoms with Gasteiger partial charge in [0.15, 0.2) is 0 Å². The highest BCUT2D eigenvalue weighted by Gasteiger charge is 2.23. The summed E-state index contributed by atoms with van der Waals surface area (Å²) in [6.45, 7) is 0. The van der Waals surface area contributed by atoms with Crippen LogP contribution in [0.1, 0.15) is 17.7 Å². The third-order valence-corrected chi connectivity index (χ3v) is 10.5. The van der Waals surface area contributed by atoms with Crippen molar-refractivity contribution >= 4 is 23.1 Å². The van der Waals surface area contributed by atoms with E-state index in [-0.39, 0.29) is 0 Å². The number of rotatable bonds is 7. The molecule has 56 heavy (non-hydrogen) atoms. The fourth-order valence-corrected chi connectivity index (χ4v) is 7.81. The van der Waals surface area contributed by atoms with Crippen molar-refractivity contribution in [2.75, 3.05) is 0 Å². The van der Waals surface area contributed by atoms with E-state index in [1.807, 2.05) is 36.5 Å². The lowest BCUT2D eigenvalue weighted by molar-refractivity contribution is 1.03. The molecule has 4 nitrogen and oxygen atoms in total. The number of hydrogen-bond donors (Lipinski definition) is 0. The molecule has 0 fully saturated rings. The molecule has 0 aliphatic heterocycles. The molecular weight excluding hydrogens is 681 g/mol. The second kappa shape index (κ2) is 14.4. The van der Waals surface area contributed by atoms with Crippen LogP contribution in [0.4, 0.5) is 0 Å². The molecule has 0 saturated carbocycles. The Balaban J connectivity index is 1.25. The summed E-state index contributed by atoms with van der Waals surface area (Å²) in [4.78, 5) is 15.0. The molecule has 0 bridgehead atoms. The Kier molecular flexibility index (Phi) is 8.54. The number of allylic oxidation sites excluding steroid dienone is 2. The molecule has 0 N–H and O–H groups in total. The first-order chi connectivity index (χ1) is 27.8. The Morgan fingerprint density at radius 1 is 0.429 bits per heavy atom. The van der Waals surface area contributed by atoms with Crippen molar-refractivity contribution in [3.63, 3.8) is 0 Å². The molecule has 0 radical (unpaired) electrons. The topological polar surface area (TPSA) is 43.6 Å². The first-order valence-electron chi connectivity index (χ1n) is 19.0. The number of aromatic nitrogens is 4. The highest BCUT2D eigenvalue weighted by Crippen LogP contribution is 2.43. The molecule has 1 aliphatic carbocycles. The van der Waals surface area contributed by atoms with E-state index in [9.17, 15) is 0 Å². The van der Waals surface area contributed by atoms with E-state index in [1.165, 1.54) is 33.2 Å². The Labute approximate surface area is 326 Å². The standard InChI is InChI=1S/C52H36N4/c1-5-16-36(17-6-1)39-22-13-23-40(30-39)42-31-45(38-20-9-3-10-21-38)52-46(32-42)44-25-11-4-12-28-50(44)56(52)51-34-43(37-18-7-2-8-19-37)33-49(55-51)48-27-14-26-47(54-48)41-24-15-29-53-35-41/h1-3,5-35H,4H2. The third kappa shape index (κ3) is 6.23. The highest BCUT2D eigenvalue weighted by atomic mass is 15.1. The molecule has 0 spiro atoms. The van der Waals surface area contributed by atoms with E-state index in [0.717, 1.165) is 68.3 Å². The molecule has 9 aromatic rings. The maximum Gasteiger partial charge on any atom is 0.139 e. The fraction of sp³-hybridized carbons (Fsp3) is 0.0192. The molecule has 0 amide bonds. The molecule has 0 unspecified atom stereocenters. The van der Waals surface area contributed by atoms with Gasteiger partial charge in [0.25, 0.3) is 0 Å². The van der Waals surface area contributed by atoms with Gasteiger partial charge in [-0.1, -0.05) is 133 Å². The minimum absolute atomic E-state index is 0.798. The van der Waals surface area contributed by atoms with Gasteiger partial charge in [-0.25, -0.2) is 9.97 Å². The predicted octanol–water partition coefficient (Wildman–Crippen LogP) is 13.2. The largest absolute Gasteiger partial charge is 0.293 e. The number of fused-ring (bicyclic) bond motifs is 3. The number of nitrogens with zero attached hydrogens (tertiary/aromatic N) is 4. The predicted molar refractivity (Wildman–Crippen MR) is 232 cm³/mol. The molecule has 1 aliphatic rings. The van der Waals surface area contributed by atoms with E-state index >= 15 is 0 Å². The Bertz CT molecular complexity index is 2910. The second-order valence-corrected chi connectivity index (χ2v) is 14.0. The number of pyridine rings is 3. The lowest BCUT2D eigenvalue weighted by atomic mass is 9.93. The van der Waals surface area contributed by atoms with Crippen molar-refractivity contribution in [3.05, 3.63) is 206 Å². The minimum Gasteiger partial charge on any atom is -0.293 e. The van der Waals surface area contributed by atoms with Crippen LogP contribution in [0.3, 0.4) is 0 Å². The monoisotopic (exact) mass is 716 g/mol. The van der Waals surface area contributed by atoms with Crippen LogP contribution in [0.5, 0.6) is 0 Å². The van der Waals surface area contributed by atoms with E-state index in [4.69, 9.17) is 9.97 Å². The summed E-state index contributed by atoms with van der Waals surface area (Å²) in [7, 11) is 0. The Morgan fingerprint density at radius 2 is 1.05 bits per heavy atom. The van der Waals surface area contributed by atoms with Crippen LogP contribution in [0.15, 0.2) is 194 Å². The van der Waals surface area contributed by atoms with Gasteiger partial charge in [-0.2, -0.15) is 0 Å². The molecule has 0 saturated heterocycles. The summed E-state index contributed by atoms with van der Waals surface area (Å²) in [6.07, 6.45) is 13.5. The van der Waals surface area contributed by atoms with Crippen LogP contribution in [0.2, 0.25) is 0 Å². The minimum atomic E-state index is 0.798. The van der Waals surface area contributed by atoms with Gasteiger partial charge in [-0.05, 0) is 106 Å². The molecule has 4 heteroatoms. The quantitative estimate of drug-likeness (QED) is 0.165. The van der Waals surface area contributed by atoms with Gasteiger partial charge in [0, 0.05) is 34.5 Å². The molecular formula is C52H36N4. The number of hydrogen-bond acceptors (Lipinski definition) is 3. The SMILES string of the molecule is C1=Cc2c(n(-c3cc(-c4ccccc4)cc(-c4cccc(-c5cccnc5)n4)n3)c3c(-c4ccccc4)cc(-c4cccc(-c5ccccc5)c4)cc23)C=CC1. The van der Waals surface area contributed by atoms with E-state index in [0.29, 0.717) is 0 Å². The Hall–Kier alpha value is -7.43. The Morgan fingerprint density at radius 3 is 1.80 bits per heavy atom. The van der Waals surface area contributed by atoms with Crippen molar-refractivity contribution in [3.8, 4) is 73.0 Å². The van der Waals surface area contributed by atoms with Gasteiger partial charge < -0.3 is 0 Å². The van der Waals surface area contributed by atoms with Crippen LogP contribution in [0, 0.1) is 0 Å². The van der Waals surface area contributed by atoms with Gasteiger partial charge in [0.05, 0.1) is 28.3 Å². The van der Waals surface area contributed by atoms with Crippen molar-refractivity contribution < 1.29 is 0 Å². The van der Waals surface area contributed by atoms with Crippen LogP contribution < -0.4 is 0 Å². The van der Waals surface area contributed by atoms with Gasteiger partial charge in [-0.15, -0.1) is 0 Å². The van der Waals surface area contributed by atoms with Crippen LogP contribution in [-0.2, 0) is 0 Å².